The molecule has 0 saturated carbocycles. The highest BCUT2D eigenvalue weighted by Crippen LogP contribution is 2.19. The zero-order chi connectivity index (χ0) is 19.2. The zero-order valence-electron chi connectivity index (χ0n) is 15.6. The number of carbonyl (C=O) groups is 2. The van der Waals surface area contributed by atoms with Crippen molar-refractivity contribution in [3.63, 3.8) is 0 Å². The maximum atomic E-state index is 13.2. The highest BCUT2D eigenvalue weighted by Gasteiger charge is 2.27. The molecule has 2 amide bonds. The summed E-state index contributed by atoms with van der Waals surface area (Å²) in [5.74, 6) is -0.357. The van der Waals surface area contributed by atoms with Gasteiger partial charge in [0.25, 0.3) is 0 Å². The minimum absolute atomic E-state index is 0.0147. The zero-order valence-corrected chi connectivity index (χ0v) is 15.6. The lowest BCUT2D eigenvalue weighted by molar-refractivity contribution is -0.135. The molecule has 4 nitrogen and oxygen atoms in total. The van der Waals surface area contributed by atoms with Crippen molar-refractivity contribution < 1.29 is 14.0 Å². The van der Waals surface area contributed by atoms with Crippen molar-refractivity contribution in [3.05, 3.63) is 71.0 Å². The van der Waals surface area contributed by atoms with Crippen LogP contribution >= 0.6 is 0 Å². The molecule has 142 valence electrons. The second-order valence-electron chi connectivity index (χ2n) is 7.17. The first-order chi connectivity index (χ1) is 13.0. The van der Waals surface area contributed by atoms with Crippen LogP contribution in [0.25, 0.3) is 0 Å². The molecule has 2 aromatic rings. The lowest BCUT2D eigenvalue weighted by atomic mass is 9.95. The van der Waals surface area contributed by atoms with Gasteiger partial charge in [-0.1, -0.05) is 42.0 Å². The molecule has 5 heteroatoms. The molecule has 3 rings (SSSR count). The lowest BCUT2D eigenvalue weighted by Crippen LogP contribution is -2.43. The normalized spacial score (nSPS) is 14.8. The second kappa shape index (κ2) is 8.80. The minimum atomic E-state index is -0.329. The van der Waals surface area contributed by atoms with E-state index in [9.17, 15) is 14.0 Å². The molecule has 1 N–H and O–H groups in total. The highest BCUT2D eigenvalue weighted by atomic mass is 19.1. The van der Waals surface area contributed by atoms with Crippen LogP contribution < -0.4 is 5.32 Å². The number of carbonyl (C=O) groups excluding carboxylic acids is 2. The third-order valence-electron chi connectivity index (χ3n) is 5.05. The van der Waals surface area contributed by atoms with Crippen LogP contribution in [0.4, 0.5) is 4.39 Å². The Morgan fingerprint density at radius 3 is 2.44 bits per heavy atom. The van der Waals surface area contributed by atoms with E-state index in [0.717, 1.165) is 5.56 Å². The van der Waals surface area contributed by atoms with Crippen LogP contribution in [0, 0.1) is 18.7 Å². The van der Waals surface area contributed by atoms with Gasteiger partial charge < -0.3 is 10.2 Å². The minimum Gasteiger partial charge on any atom is -0.352 e. The Labute approximate surface area is 159 Å². The van der Waals surface area contributed by atoms with Crippen molar-refractivity contribution in [1.29, 1.82) is 0 Å². The van der Waals surface area contributed by atoms with E-state index in [1.807, 2.05) is 31.2 Å². The molecule has 0 aromatic heterocycles. The summed E-state index contributed by atoms with van der Waals surface area (Å²) in [5.41, 5.74) is 2.95. The number of hydrogen-bond acceptors (Lipinski definition) is 2. The predicted molar refractivity (Wildman–Crippen MR) is 102 cm³/mol. The van der Waals surface area contributed by atoms with Crippen molar-refractivity contribution in [2.75, 3.05) is 13.1 Å². The first-order valence-corrected chi connectivity index (χ1v) is 9.37. The van der Waals surface area contributed by atoms with Crippen LogP contribution in [0.15, 0.2) is 48.5 Å². The first-order valence-electron chi connectivity index (χ1n) is 9.37. The van der Waals surface area contributed by atoms with Gasteiger partial charge in [0.05, 0.1) is 6.42 Å². The number of nitrogens with one attached hydrogen (secondary N) is 1. The Bertz CT molecular complexity index is 796. The maximum Gasteiger partial charge on any atom is 0.226 e. The topological polar surface area (TPSA) is 49.4 Å². The monoisotopic (exact) mass is 368 g/mol. The van der Waals surface area contributed by atoms with Crippen LogP contribution in [0.3, 0.4) is 0 Å². The van der Waals surface area contributed by atoms with Gasteiger partial charge in [0.15, 0.2) is 0 Å². The third-order valence-corrected chi connectivity index (χ3v) is 5.05. The van der Waals surface area contributed by atoms with Crippen molar-refractivity contribution in [1.82, 2.24) is 10.2 Å². The smallest absolute Gasteiger partial charge is 0.226 e. The molecule has 1 fully saturated rings. The van der Waals surface area contributed by atoms with Gasteiger partial charge >= 0.3 is 0 Å². The fourth-order valence-corrected chi connectivity index (χ4v) is 3.36. The van der Waals surface area contributed by atoms with E-state index in [1.54, 1.807) is 17.0 Å². The Kier molecular flexibility index (Phi) is 6.22. The average molecular weight is 368 g/mol. The number of piperidine rings is 1. The first kappa shape index (κ1) is 19.1. The molecule has 0 unspecified atom stereocenters. The molecule has 2 aromatic carbocycles. The van der Waals surface area contributed by atoms with Gasteiger partial charge in [0, 0.05) is 25.6 Å². The summed E-state index contributed by atoms with van der Waals surface area (Å²) in [6, 6.07) is 14.2. The summed E-state index contributed by atoms with van der Waals surface area (Å²) in [7, 11) is 0. The number of rotatable bonds is 5. The Hall–Kier alpha value is -2.69. The van der Waals surface area contributed by atoms with Gasteiger partial charge in [-0.15, -0.1) is 0 Å². The summed E-state index contributed by atoms with van der Waals surface area (Å²) in [5, 5.41) is 2.99. The molecule has 1 aliphatic rings. The quantitative estimate of drug-likeness (QED) is 0.881. The van der Waals surface area contributed by atoms with Gasteiger partial charge in [0.1, 0.15) is 5.82 Å². The van der Waals surface area contributed by atoms with Crippen molar-refractivity contribution in [2.24, 2.45) is 5.92 Å². The van der Waals surface area contributed by atoms with Gasteiger partial charge in [-0.05, 0) is 43.0 Å². The Balaban J connectivity index is 1.44. The van der Waals surface area contributed by atoms with E-state index in [0.29, 0.717) is 38.0 Å². The van der Waals surface area contributed by atoms with E-state index in [-0.39, 0.29) is 30.0 Å². The van der Waals surface area contributed by atoms with Crippen LogP contribution in [-0.2, 0) is 22.6 Å². The molecule has 0 radical (unpaired) electrons. The molecule has 1 aliphatic heterocycles. The van der Waals surface area contributed by atoms with Gasteiger partial charge in [-0.3, -0.25) is 9.59 Å². The predicted octanol–water partition coefficient (Wildman–Crippen LogP) is 3.23. The van der Waals surface area contributed by atoms with Crippen molar-refractivity contribution in [3.8, 4) is 0 Å². The number of likely N-dealkylation sites (tertiary alicyclic amines) is 1. The number of aryl methyl sites for hydroxylation is 1. The van der Waals surface area contributed by atoms with Crippen LogP contribution in [0.5, 0.6) is 0 Å². The third kappa shape index (κ3) is 5.39. The lowest BCUT2D eigenvalue weighted by Gasteiger charge is -2.31. The van der Waals surface area contributed by atoms with E-state index in [2.05, 4.69) is 5.32 Å². The second-order valence-corrected chi connectivity index (χ2v) is 7.17. The molecule has 27 heavy (non-hydrogen) atoms. The largest absolute Gasteiger partial charge is 0.352 e. The summed E-state index contributed by atoms with van der Waals surface area (Å²) in [6.07, 6.45) is 1.52. The highest BCUT2D eigenvalue weighted by molar-refractivity contribution is 5.81. The van der Waals surface area contributed by atoms with Crippen molar-refractivity contribution >= 4 is 11.8 Å². The fraction of sp³-hybridized carbons (Fsp3) is 0.364. The number of amides is 2. The van der Waals surface area contributed by atoms with E-state index in [4.69, 9.17) is 0 Å². The summed E-state index contributed by atoms with van der Waals surface area (Å²) in [4.78, 5) is 26.6. The van der Waals surface area contributed by atoms with Crippen LogP contribution in [0.1, 0.15) is 29.5 Å². The Morgan fingerprint density at radius 1 is 1.07 bits per heavy atom. The molecular weight excluding hydrogens is 343 g/mol. The Morgan fingerprint density at radius 2 is 1.78 bits per heavy atom. The van der Waals surface area contributed by atoms with E-state index in [1.165, 1.54) is 17.7 Å². The SMILES string of the molecule is Cc1ccc(CNC(=O)C2CCN(C(=O)Cc3cccc(F)c3)CC2)cc1. The average Bonchev–Trinajstić information content (AvgIpc) is 2.67. The maximum absolute atomic E-state index is 13.2. The summed E-state index contributed by atoms with van der Waals surface area (Å²) >= 11 is 0. The van der Waals surface area contributed by atoms with Crippen LogP contribution in [0.2, 0.25) is 0 Å². The molecule has 0 bridgehead atoms. The summed E-state index contributed by atoms with van der Waals surface area (Å²) in [6.45, 7) is 3.69. The number of benzene rings is 2. The van der Waals surface area contributed by atoms with Gasteiger partial charge in [-0.2, -0.15) is 0 Å². The summed E-state index contributed by atoms with van der Waals surface area (Å²) < 4.78 is 13.2. The van der Waals surface area contributed by atoms with E-state index >= 15 is 0 Å². The molecule has 1 heterocycles. The molecule has 0 spiro atoms. The van der Waals surface area contributed by atoms with Crippen molar-refractivity contribution in [2.45, 2.75) is 32.7 Å². The van der Waals surface area contributed by atoms with Gasteiger partial charge in [0.2, 0.25) is 11.8 Å². The molecule has 0 atom stereocenters. The molecular formula is C22H25FN2O2. The van der Waals surface area contributed by atoms with Crippen LogP contribution in [-0.4, -0.2) is 29.8 Å². The fourth-order valence-electron chi connectivity index (χ4n) is 3.36. The van der Waals surface area contributed by atoms with E-state index < -0.39 is 0 Å². The standard InChI is InChI=1S/C22H25FN2O2/c1-16-5-7-17(8-6-16)15-24-22(27)19-9-11-25(12-10-19)21(26)14-18-3-2-4-20(23)13-18/h2-8,13,19H,9-12,14-15H2,1H3,(H,24,27). The molecule has 1 saturated heterocycles. The number of nitrogens with zero attached hydrogens (tertiary/aromatic N) is 1. The number of halogens is 1. The number of hydrogen-bond donors (Lipinski definition) is 1. The van der Waals surface area contributed by atoms with Gasteiger partial charge in [-0.25, -0.2) is 4.39 Å². The molecule has 0 aliphatic carbocycles.